The molecule has 2 fully saturated rings. The molecule has 2 heterocycles. The quantitative estimate of drug-likeness (QED) is 0.392. The van der Waals surface area contributed by atoms with E-state index in [2.05, 4.69) is 41.0 Å². The highest BCUT2D eigenvalue weighted by Gasteiger charge is 2.42. The molecule has 8 heteroatoms. The van der Waals surface area contributed by atoms with Gasteiger partial charge in [0.2, 0.25) is 0 Å². The molecule has 37 heavy (non-hydrogen) atoms. The Hall–Kier alpha value is -2.71. The van der Waals surface area contributed by atoms with Crippen molar-refractivity contribution in [2.45, 2.75) is 101 Å². The monoisotopic (exact) mass is 522 g/mol. The van der Waals surface area contributed by atoms with Crippen LogP contribution in [-0.2, 0) is 10.1 Å². The largest absolute Gasteiger partial charge is 0.330 e. The van der Waals surface area contributed by atoms with Gasteiger partial charge in [-0.1, -0.05) is 68.4 Å². The van der Waals surface area contributed by atoms with Crippen molar-refractivity contribution in [1.29, 1.82) is 0 Å². The molecular formula is C29H38N4O3S. The fourth-order valence-corrected chi connectivity index (χ4v) is 6.68. The van der Waals surface area contributed by atoms with Crippen LogP contribution >= 0.6 is 0 Å². The number of hydrogen-bond donors (Lipinski definition) is 1. The smallest absolute Gasteiger partial charge is 0.294 e. The summed E-state index contributed by atoms with van der Waals surface area (Å²) in [6.45, 7) is 4.23. The number of aromatic nitrogens is 2. The van der Waals surface area contributed by atoms with Crippen molar-refractivity contribution in [2.75, 3.05) is 9.80 Å². The average Bonchev–Trinajstić information content (AvgIpc) is 3.19. The second-order valence-electron chi connectivity index (χ2n) is 10.7. The molecule has 2 aliphatic carbocycles. The van der Waals surface area contributed by atoms with Crippen molar-refractivity contribution >= 4 is 32.8 Å². The normalized spacial score (nSPS) is 19.5. The van der Waals surface area contributed by atoms with Crippen LogP contribution < -0.4 is 9.80 Å². The molecule has 0 radical (unpaired) electrons. The highest BCUT2D eigenvalue weighted by Crippen LogP contribution is 2.44. The van der Waals surface area contributed by atoms with Crippen molar-refractivity contribution in [2.24, 2.45) is 0 Å². The maximum atomic E-state index is 10.5. The molecule has 0 atom stereocenters. The third kappa shape index (κ3) is 5.60. The van der Waals surface area contributed by atoms with Crippen LogP contribution in [0.4, 0.5) is 11.6 Å². The number of fused-ring (bicyclic) bond motifs is 2. The minimum absolute atomic E-state index is 0.0666. The minimum atomic E-state index is -4.02. The third-order valence-corrected chi connectivity index (χ3v) is 8.95. The number of benzene rings is 2. The van der Waals surface area contributed by atoms with Crippen molar-refractivity contribution < 1.29 is 13.0 Å². The summed E-state index contributed by atoms with van der Waals surface area (Å²) in [5, 5.41) is 0. The Labute approximate surface area is 220 Å². The SMILES string of the molecule is CC1N(C2CCCCC2)c2nc3ccccc3nc2N1C1CCCCC1.Cc1ccc(S(=O)(=O)O)cc1. The molecule has 0 bridgehead atoms. The molecule has 0 saturated heterocycles. The summed E-state index contributed by atoms with van der Waals surface area (Å²) < 4.78 is 29.6. The van der Waals surface area contributed by atoms with E-state index in [4.69, 9.17) is 14.5 Å². The van der Waals surface area contributed by atoms with Crippen LogP contribution in [-0.4, -0.2) is 41.2 Å². The molecule has 1 N–H and O–H groups in total. The standard InChI is InChI=1S/C22H30N4.C7H8O3S/c1-16-25(17-10-4-2-5-11-17)21-22(26(16)18-12-6-3-7-13-18)24-20-15-9-8-14-19(20)23-21;1-6-2-4-7(5-3-6)11(8,9)10/h8-9,14-18H,2-7,10-13H2,1H3;2-5H,1H3,(H,8,9,10). The predicted octanol–water partition coefficient (Wildman–Crippen LogP) is 6.51. The van der Waals surface area contributed by atoms with Gasteiger partial charge >= 0.3 is 0 Å². The van der Waals surface area contributed by atoms with E-state index in [-0.39, 0.29) is 4.90 Å². The zero-order valence-electron chi connectivity index (χ0n) is 21.9. The molecule has 7 nitrogen and oxygen atoms in total. The van der Waals surface area contributed by atoms with Crippen molar-refractivity contribution in [3.8, 4) is 0 Å². The number of nitrogens with zero attached hydrogens (tertiary/aromatic N) is 4. The van der Waals surface area contributed by atoms with E-state index < -0.39 is 10.1 Å². The van der Waals surface area contributed by atoms with Crippen molar-refractivity contribution in [3.63, 3.8) is 0 Å². The van der Waals surface area contributed by atoms with Crippen molar-refractivity contribution in [1.82, 2.24) is 9.97 Å². The van der Waals surface area contributed by atoms with Gasteiger partial charge in [-0.3, -0.25) is 4.55 Å². The minimum Gasteiger partial charge on any atom is -0.330 e. The third-order valence-electron chi connectivity index (χ3n) is 8.08. The number of para-hydroxylation sites is 2. The summed E-state index contributed by atoms with van der Waals surface area (Å²) in [6.07, 6.45) is 13.8. The molecule has 3 aromatic rings. The lowest BCUT2D eigenvalue weighted by Gasteiger charge is -2.40. The van der Waals surface area contributed by atoms with E-state index in [1.807, 2.05) is 6.92 Å². The molecule has 0 unspecified atom stereocenters. The van der Waals surface area contributed by atoms with Crippen LogP contribution in [0.2, 0.25) is 0 Å². The Bertz CT molecular complexity index is 1250. The van der Waals surface area contributed by atoms with Crippen LogP contribution in [0.3, 0.4) is 0 Å². The topological polar surface area (TPSA) is 86.6 Å². The lowest BCUT2D eigenvalue weighted by molar-refractivity contribution is 0.360. The Kier molecular flexibility index (Phi) is 7.67. The molecule has 198 valence electrons. The van der Waals surface area contributed by atoms with Gasteiger partial charge in [0.25, 0.3) is 10.1 Å². The van der Waals surface area contributed by atoms with E-state index in [1.54, 1.807) is 12.1 Å². The highest BCUT2D eigenvalue weighted by atomic mass is 32.2. The summed E-state index contributed by atoms with van der Waals surface area (Å²) in [7, 11) is -4.02. The maximum Gasteiger partial charge on any atom is 0.294 e. The van der Waals surface area contributed by atoms with Crippen LogP contribution in [0.25, 0.3) is 11.0 Å². The van der Waals surface area contributed by atoms with Gasteiger partial charge < -0.3 is 9.80 Å². The van der Waals surface area contributed by atoms with Crippen LogP contribution in [0, 0.1) is 6.92 Å². The van der Waals surface area contributed by atoms with Gasteiger partial charge in [-0.25, -0.2) is 9.97 Å². The van der Waals surface area contributed by atoms with Gasteiger partial charge in [-0.2, -0.15) is 8.42 Å². The predicted molar refractivity (Wildman–Crippen MR) is 149 cm³/mol. The summed E-state index contributed by atoms with van der Waals surface area (Å²) in [5.41, 5.74) is 3.02. The van der Waals surface area contributed by atoms with Crippen LogP contribution in [0.15, 0.2) is 53.4 Å². The van der Waals surface area contributed by atoms with E-state index >= 15 is 0 Å². The number of aryl methyl sites for hydroxylation is 1. The molecule has 2 saturated carbocycles. The lowest BCUT2D eigenvalue weighted by Crippen LogP contribution is -2.51. The van der Waals surface area contributed by atoms with E-state index in [9.17, 15) is 8.42 Å². The van der Waals surface area contributed by atoms with Gasteiger partial charge in [0.15, 0.2) is 11.6 Å². The number of anilines is 2. The molecular weight excluding hydrogens is 484 g/mol. The number of hydrogen-bond acceptors (Lipinski definition) is 6. The Morgan fingerprint density at radius 3 is 1.57 bits per heavy atom. The first-order valence-electron chi connectivity index (χ1n) is 13.7. The van der Waals surface area contributed by atoms with Gasteiger partial charge in [0.05, 0.1) is 15.9 Å². The first-order chi connectivity index (χ1) is 17.8. The van der Waals surface area contributed by atoms with Gasteiger partial charge in [0, 0.05) is 12.1 Å². The lowest BCUT2D eigenvalue weighted by atomic mass is 9.93. The maximum absolute atomic E-state index is 10.5. The average molecular weight is 523 g/mol. The summed E-state index contributed by atoms with van der Waals surface area (Å²) in [6, 6.07) is 15.6. The molecule has 0 spiro atoms. The summed E-state index contributed by atoms with van der Waals surface area (Å²) in [4.78, 5) is 15.4. The van der Waals surface area contributed by atoms with Gasteiger partial charge in [-0.05, 0) is 63.8 Å². The van der Waals surface area contributed by atoms with Crippen molar-refractivity contribution in [3.05, 3.63) is 54.1 Å². The zero-order valence-corrected chi connectivity index (χ0v) is 22.7. The fraction of sp³-hybridized carbons (Fsp3) is 0.517. The first-order valence-corrected chi connectivity index (χ1v) is 15.1. The molecule has 2 aromatic carbocycles. The molecule has 0 amide bonds. The van der Waals surface area contributed by atoms with E-state index in [1.165, 1.54) is 76.3 Å². The fourth-order valence-electron chi connectivity index (χ4n) is 6.20. The summed E-state index contributed by atoms with van der Waals surface area (Å²) in [5.74, 6) is 2.29. The second kappa shape index (κ2) is 11.0. The molecule has 1 aromatic heterocycles. The van der Waals surface area contributed by atoms with Crippen LogP contribution in [0.5, 0.6) is 0 Å². The Morgan fingerprint density at radius 2 is 1.16 bits per heavy atom. The highest BCUT2D eigenvalue weighted by molar-refractivity contribution is 7.85. The number of rotatable bonds is 3. The molecule has 3 aliphatic rings. The molecule has 1 aliphatic heterocycles. The van der Waals surface area contributed by atoms with E-state index in [0.29, 0.717) is 18.2 Å². The first kappa shape index (κ1) is 25.9. The van der Waals surface area contributed by atoms with E-state index in [0.717, 1.165) is 28.2 Å². The van der Waals surface area contributed by atoms with Crippen LogP contribution in [0.1, 0.15) is 76.7 Å². The molecule has 6 rings (SSSR count). The van der Waals surface area contributed by atoms with Gasteiger partial charge in [-0.15, -0.1) is 0 Å². The Balaban J connectivity index is 0.000000215. The zero-order chi connectivity index (χ0) is 26.0. The van der Waals surface area contributed by atoms with Gasteiger partial charge in [0.1, 0.15) is 6.17 Å². The Morgan fingerprint density at radius 1 is 0.730 bits per heavy atom. The second-order valence-corrected chi connectivity index (χ2v) is 12.1. The summed E-state index contributed by atoms with van der Waals surface area (Å²) >= 11 is 0.